The molecule has 0 spiro atoms. The van der Waals surface area contributed by atoms with E-state index >= 15 is 0 Å². The summed E-state index contributed by atoms with van der Waals surface area (Å²) in [5.74, 6) is 1.70. The van der Waals surface area contributed by atoms with Crippen LogP contribution in [-0.2, 0) is 17.8 Å². The summed E-state index contributed by atoms with van der Waals surface area (Å²) in [5.41, 5.74) is 6.45. The number of amides is 1. The molecule has 1 saturated heterocycles. The van der Waals surface area contributed by atoms with Crippen LogP contribution in [0.5, 0.6) is 5.75 Å². The molecule has 1 aliphatic carbocycles. The van der Waals surface area contributed by atoms with Crippen LogP contribution in [0.1, 0.15) is 62.1 Å². The molecule has 0 N–H and O–H groups in total. The van der Waals surface area contributed by atoms with Crippen LogP contribution < -0.4 is 4.74 Å². The number of benzene rings is 2. The van der Waals surface area contributed by atoms with Crippen molar-refractivity contribution in [2.75, 3.05) is 46.4 Å². The van der Waals surface area contributed by atoms with Crippen molar-refractivity contribution in [2.24, 2.45) is 0 Å². The Bertz CT molecular complexity index is 1040. The minimum absolute atomic E-state index is 0.298. The van der Waals surface area contributed by atoms with E-state index in [1.54, 1.807) is 7.11 Å². The van der Waals surface area contributed by atoms with E-state index in [4.69, 9.17) is 4.74 Å². The van der Waals surface area contributed by atoms with Crippen molar-refractivity contribution in [3.05, 3.63) is 53.1 Å². The highest BCUT2D eigenvalue weighted by Gasteiger charge is 2.29. The van der Waals surface area contributed by atoms with Crippen molar-refractivity contribution < 1.29 is 9.53 Å². The summed E-state index contributed by atoms with van der Waals surface area (Å²) in [6.45, 7) is 10.6. The van der Waals surface area contributed by atoms with Crippen LogP contribution in [0.4, 0.5) is 0 Å². The van der Waals surface area contributed by atoms with E-state index < -0.39 is 0 Å². The fourth-order valence-electron chi connectivity index (χ4n) is 6.12. The number of piperazine rings is 1. The van der Waals surface area contributed by atoms with Gasteiger partial charge < -0.3 is 9.64 Å². The second kappa shape index (κ2) is 10.7. The molecule has 0 aromatic heterocycles. The minimum Gasteiger partial charge on any atom is -0.496 e. The van der Waals surface area contributed by atoms with Gasteiger partial charge in [0.15, 0.2) is 0 Å². The first-order valence-electron chi connectivity index (χ1n) is 13.6. The first kappa shape index (κ1) is 24.3. The molecule has 1 saturated carbocycles. The summed E-state index contributed by atoms with van der Waals surface area (Å²) in [4.78, 5) is 20.1. The Labute approximate surface area is 211 Å². The summed E-state index contributed by atoms with van der Waals surface area (Å²) in [6.07, 6.45) is 6.43. The Hall–Kier alpha value is -2.37. The van der Waals surface area contributed by atoms with Gasteiger partial charge >= 0.3 is 0 Å². The lowest BCUT2D eigenvalue weighted by molar-refractivity contribution is -0.134. The molecule has 5 nitrogen and oxygen atoms in total. The van der Waals surface area contributed by atoms with Crippen LogP contribution in [0.2, 0.25) is 0 Å². The zero-order valence-corrected chi connectivity index (χ0v) is 21.8. The molecular weight excluding hydrogens is 434 g/mol. The number of hydrogen-bond acceptors (Lipinski definition) is 4. The minimum atomic E-state index is 0.298. The van der Waals surface area contributed by atoms with Crippen LogP contribution in [0.15, 0.2) is 36.4 Å². The predicted molar refractivity (Wildman–Crippen MR) is 142 cm³/mol. The molecule has 0 unspecified atom stereocenters. The molecule has 3 aliphatic rings. The van der Waals surface area contributed by atoms with E-state index in [1.165, 1.54) is 47.9 Å². The molecule has 35 heavy (non-hydrogen) atoms. The van der Waals surface area contributed by atoms with Crippen LogP contribution in [0, 0.1) is 0 Å². The molecule has 188 valence electrons. The third-order valence-corrected chi connectivity index (χ3v) is 8.37. The third kappa shape index (κ3) is 5.41. The summed E-state index contributed by atoms with van der Waals surface area (Å²) >= 11 is 0. The highest BCUT2D eigenvalue weighted by atomic mass is 16.5. The highest BCUT2D eigenvalue weighted by molar-refractivity contribution is 5.78. The number of ether oxygens (including phenoxy) is 1. The van der Waals surface area contributed by atoms with Gasteiger partial charge in [0.1, 0.15) is 5.75 Å². The van der Waals surface area contributed by atoms with Crippen molar-refractivity contribution in [1.29, 1.82) is 0 Å². The lowest BCUT2D eigenvalue weighted by Crippen LogP contribution is -2.53. The molecule has 5 rings (SSSR count). The van der Waals surface area contributed by atoms with Gasteiger partial charge in [0.2, 0.25) is 5.91 Å². The molecule has 0 radical (unpaired) electrons. The first-order valence-corrected chi connectivity index (χ1v) is 13.6. The first-order chi connectivity index (χ1) is 17.0. The van der Waals surface area contributed by atoms with Crippen LogP contribution in [-0.4, -0.2) is 73.0 Å². The maximum absolute atomic E-state index is 13.1. The van der Waals surface area contributed by atoms with Gasteiger partial charge in [-0.15, -0.1) is 0 Å². The number of nitrogens with zero attached hydrogens (tertiary/aromatic N) is 3. The lowest BCUT2D eigenvalue weighted by Gasteiger charge is -2.39. The topological polar surface area (TPSA) is 36.0 Å². The molecule has 5 heteroatoms. The van der Waals surface area contributed by atoms with Gasteiger partial charge in [-0.25, -0.2) is 0 Å². The fourth-order valence-corrected chi connectivity index (χ4v) is 6.12. The van der Waals surface area contributed by atoms with E-state index in [-0.39, 0.29) is 0 Å². The van der Waals surface area contributed by atoms with Gasteiger partial charge in [-0.1, -0.05) is 51.0 Å². The number of carbonyl (C=O) groups excluding carboxylic acids is 1. The van der Waals surface area contributed by atoms with E-state index in [1.807, 2.05) is 0 Å². The monoisotopic (exact) mass is 475 g/mol. The van der Waals surface area contributed by atoms with Crippen LogP contribution >= 0.6 is 0 Å². The Morgan fingerprint density at radius 2 is 1.74 bits per heavy atom. The molecule has 1 amide bonds. The maximum Gasteiger partial charge on any atom is 0.236 e. The molecule has 2 aromatic carbocycles. The van der Waals surface area contributed by atoms with Gasteiger partial charge in [-0.05, 0) is 59.6 Å². The average Bonchev–Trinajstić information content (AvgIpc) is 3.43. The standard InChI is InChI=1S/C30H41N3O2/c1-22(2)23-10-11-29(35-3)28(19-23)25-8-9-26-20-31(13-12-24(26)18-25)21-30(34)33-16-14-32(15-17-33)27-6-4-5-7-27/h8-11,18-19,22,27H,4-7,12-17,20-21H2,1-3H3. The largest absolute Gasteiger partial charge is 0.496 e. The molecular formula is C30H41N3O2. The smallest absolute Gasteiger partial charge is 0.236 e. The fraction of sp³-hybridized carbons (Fsp3) is 0.567. The summed E-state index contributed by atoms with van der Waals surface area (Å²) in [5, 5.41) is 0. The maximum atomic E-state index is 13.1. The summed E-state index contributed by atoms with van der Waals surface area (Å²) < 4.78 is 5.68. The second-order valence-corrected chi connectivity index (χ2v) is 10.9. The second-order valence-electron chi connectivity index (χ2n) is 10.9. The van der Waals surface area contributed by atoms with Gasteiger partial charge in [-0.3, -0.25) is 14.6 Å². The Kier molecular flexibility index (Phi) is 7.45. The zero-order valence-electron chi connectivity index (χ0n) is 21.8. The average molecular weight is 476 g/mol. The van der Waals surface area contributed by atoms with Crippen molar-refractivity contribution >= 4 is 5.91 Å². The Balaban J connectivity index is 1.20. The molecule has 2 heterocycles. The number of carbonyl (C=O) groups is 1. The number of hydrogen-bond donors (Lipinski definition) is 0. The molecule has 2 aromatic rings. The molecule has 0 bridgehead atoms. The molecule has 2 aliphatic heterocycles. The molecule has 2 fully saturated rings. The predicted octanol–water partition coefficient (Wildman–Crippen LogP) is 4.93. The van der Waals surface area contributed by atoms with E-state index in [0.29, 0.717) is 18.4 Å². The third-order valence-electron chi connectivity index (χ3n) is 8.37. The van der Waals surface area contributed by atoms with Crippen molar-refractivity contribution in [3.8, 4) is 16.9 Å². The highest BCUT2D eigenvalue weighted by Crippen LogP contribution is 2.35. The van der Waals surface area contributed by atoms with E-state index in [9.17, 15) is 4.79 Å². The van der Waals surface area contributed by atoms with Crippen molar-refractivity contribution in [1.82, 2.24) is 14.7 Å². The summed E-state index contributed by atoms with van der Waals surface area (Å²) in [6, 6.07) is 14.1. The van der Waals surface area contributed by atoms with Crippen molar-refractivity contribution in [2.45, 2.75) is 64.5 Å². The number of fused-ring (bicyclic) bond motifs is 1. The molecule has 0 atom stereocenters. The van der Waals surface area contributed by atoms with Gasteiger partial charge in [0, 0.05) is 50.9 Å². The number of methoxy groups -OCH3 is 1. The van der Waals surface area contributed by atoms with Gasteiger partial charge in [0.25, 0.3) is 0 Å². The quantitative estimate of drug-likeness (QED) is 0.594. The summed E-state index contributed by atoms with van der Waals surface area (Å²) in [7, 11) is 1.75. The lowest BCUT2D eigenvalue weighted by atomic mass is 9.92. The number of rotatable bonds is 6. The normalized spacial score (nSPS) is 19.8. The van der Waals surface area contributed by atoms with Crippen LogP contribution in [0.25, 0.3) is 11.1 Å². The van der Waals surface area contributed by atoms with Crippen molar-refractivity contribution in [3.63, 3.8) is 0 Å². The Morgan fingerprint density at radius 1 is 0.971 bits per heavy atom. The van der Waals surface area contributed by atoms with E-state index in [2.05, 4.69) is 64.9 Å². The van der Waals surface area contributed by atoms with Gasteiger partial charge in [0.05, 0.1) is 13.7 Å². The SMILES string of the molecule is COc1ccc(C(C)C)cc1-c1ccc2c(c1)CCN(CC(=O)N1CCN(C3CCCC3)CC1)C2. The zero-order chi connectivity index (χ0) is 24.4. The van der Waals surface area contributed by atoms with Crippen LogP contribution in [0.3, 0.4) is 0 Å². The van der Waals surface area contributed by atoms with E-state index in [0.717, 1.165) is 63.0 Å². The van der Waals surface area contributed by atoms with Gasteiger partial charge in [-0.2, -0.15) is 0 Å². The Morgan fingerprint density at radius 3 is 2.46 bits per heavy atom.